The van der Waals surface area contributed by atoms with Gasteiger partial charge in [0.2, 0.25) is 0 Å². The monoisotopic (exact) mass is 338 g/mol. The highest BCUT2D eigenvalue weighted by molar-refractivity contribution is 7.85. The molecular formula is C14H18N4O4S. The second-order valence-corrected chi connectivity index (χ2v) is 5.93. The van der Waals surface area contributed by atoms with Gasteiger partial charge in [-0.15, -0.1) is 0 Å². The van der Waals surface area contributed by atoms with Crippen molar-refractivity contribution in [3.05, 3.63) is 30.3 Å². The molecule has 0 aliphatic rings. The van der Waals surface area contributed by atoms with Crippen molar-refractivity contribution >= 4 is 27.4 Å². The van der Waals surface area contributed by atoms with E-state index in [4.69, 9.17) is 9.29 Å². The van der Waals surface area contributed by atoms with E-state index in [0.717, 1.165) is 0 Å². The fourth-order valence-electron chi connectivity index (χ4n) is 1.84. The lowest BCUT2D eigenvalue weighted by Gasteiger charge is -2.11. The van der Waals surface area contributed by atoms with Crippen molar-refractivity contribution in [1.29, 1.82) is 0 Å². The van der Waals surface area contributed by atoms with E-state index in [1.165, 1.54) is 18.2 Å². The highest BCUT2D eigenvalue weighted by atomic mass is 32.2. The first-order chi connectivity index (χ1) is 10.9. The Bertz CT molecular complexity index is 756. The van der Waals surface area contributed by atoms with E-state index in [2.05, 4.69) is 20.6 Å². The van der Waals surface area contributed by atoms with Crippen LogP contribution in [0.25, 0.3) is 0 Å². The summed E-state index contributed by atoms with van der Waals surface area (Å²) in [6.07, 6.45) is 0. The van der Waals surface area contributed by atoms with Gasteiger partial charge < -0.3 is 15.4 Å². The molecule has 0 bridgehead atoms. The summed E-state index contributed by atoms with van der Waals surface area (Å²) in [5, 5.41) is 6.03. The van der Waals surface area contributed by atoms with Gasteiger partial charge in [0.15, 0.2) is 0 Å². The molecule has 0 saturated carbocycles. The summed E-state index contributed by atoms with van der Waals surface area (Å²) in [5.41, 5.74) is 0.462. The van der Waals surface area contributed by atoms with Gasteiger partial charge in [-0.3, -0.25) is 4.55 Å². The molecule has 23 heavy (non-hydrogen) atoms. The van der Waals surface area contributed by atoms with E-state index < -0.39 is 10.1 Å². The third-order valence-electron chi connectivity index (χ3n) is 2.74. The first kappa shape index (κ1) is 17.0. The minimum Gasteiger partial charge on any atom is -0.464 e. The van der Waals surface area contributed by atoms with Crippen LogP contribution in [0, 0.1) is 0 Å². The Hall–Kier alpha value is -2.39. The predicted octanol–water partition coefficient (Wildman–Crippen LogP) is 2.30. The molecule has 9 heteroatoms. The smallest absolute Gasteiger partial charge is 0.320 e. The Labute approximate surface area is 134 Å². The van der Waals surface area contributed by atoms with Crippen molar-refractivity contribution in [3.8, 4) is 6.01 Å². The van der Waals surface area contributed by atoms with Gasteiger partial charge in [0.1, 0.15) is 11.6 Å². The van der Waals surface area contributed by atoms with Gasteiger partial charge in [0.05, 0.1) is 11.5 Å². The topological polar surface area (TPSA) is 113 Å². The molecule has 0 atom stereocenters. The van der Waals surface area contributed by atoms with E-state index in [0.29, 0.717) is 30.5 Å². The third kappa shape index (κ3) is 4.80. The van der Waals surface area contributed by atoms with E-state index in [1.807, 2.05) is 13.8 Å². The predicted molar refractivity (Wildman–Crippen MR) is 86.9 cm³/mol. The van der Waals surface area contributed by atoms with Crippen molar-refractivity contribution < 1.29 is 17.7 Å². The van der Waals surface area contributed by atoms with Crippen molar-refractivity contribution in [2.75, 3.05) is 23.8 Å². The van der Waals surface area contributed by atoms with Crippen LogP contribution in [0.5, 0.6) is 6.01 Å². The number of hydrogen-bond donors (Lipinski definition) is 3. The van der Waals surface area contributed by atoms with Crippen LogP contribution in [-0.4, -0.2) is 36.1 Å². The Balaban J connectivity index is 2.31. The van der Waals surface area contributed by atoms with Crippen LogP contribution in [0.1, 0.15) is 13.8 Å². The maximum Gasteiger partial charge on any atom is 0.320 e. The summed E-state index contributed by atoms with van der Waals surface area (Å²) < 4.78 is 36.8. The second kappa shape index (κ2) is 7.25. The molecular weight excluding hydrogens is 320 g/mol. The van der Waals surface area contributed by atoms with Crippen LogP contribution in [0.4, 0.5) is 17.3 Å². The highest BCUT2D eigenvalue weighted by Crippen LogP contribution is 2.22. The molecule has 3 N–H and O–H groups in total. The van der Waals surface area contributed by atoms with Crippen molar-refractivity contribution in [2.24, 2.45) is 0 Å². The lowest BCUT2D eigenvalue weighted by atomic mass is 10.3. The Morgan fingerprint density at radius 1 is 1.17 bits per heavy atom. The Morgan fingerprint density at radius 2 is 1.91 bits per heavy atom. The molecule has 0 aliphatic heterocycles. The first-order valence-electron chi connectivity index (χ1n) is 7.02. The summed E-state index contributed by atoms with van der Waals surface area (Å²) in [6, 6.07) is 7.66. The fourth-order valence-corrected chi connectivity index (χ4v) is 2.36. The standard InChI is InChI=1S/C14H18N4O4S/c1-3-15-12-9-13(18-14(17-12)22-4-2)16-10-6-5-7-11(8-10)23(19,20)21/h5-9H,3-4H2,1-2H3,(H,19,20,21)(H2,15,16,17,18). The lowest BCUT2D eigenvalue weighted by Crippen LogP contribution is -2.06. The number of nitrogens with one attached hydrogen (secondary N) is 2. The van der Waals surface area contributed by atoms with Gasteiger partial charge in [-0.25, -0.2) is 0 Å². The summed E-state index contributed by atoms with van der Waals surface area (Å²) >= 11 is 0. The SMILES string of the molecule is CCNc1cc(Nc2cccc(S(=O)(=O)O)c2)nc(OCC)n1. The molecule has 2 rings (SSSR count). The third-order valence-corrected chi connectivity index (χ3v) is 3.59. The number of ether oxygens (including phenoxy) is 1. The maximum atomic E-state index is 11.2. The number of anilines is 3. The van der Waals surface area contributed by atoms with Crippen molar-refractivity contribution in [3.63, 3.8) is 0 Å². The number of aromatic nitrogens is 2. The molecule has 0 fully saturated rings. The van der Waals surface area contributed by atoms with Crippen LogP contribution in [0.2, 0.25) is 0 Å². The quantitative estimate of drug-likeness (QED) is 0.659. The fraction of sp³-hybridized carbons (Fsp3) is 0.286. The van der Waals surface area contributed by atoms with Crippen molar-refractivity contribution in [2.45, 2.75) is 18.7 Å². The van der Waals surface area contributed by atoms with E-state index >= 15 is 0 Å². The van der Waals surface area contributed by atoms with E-state index in [9.17, 15) is 8.42 Å². The van der Waals surface area contributed by atoms with Crippen LogP contribution in [0.15, 0.2) is 35.2 Å². The zero-order valence-electron chi connectivity index (χ0n) is 12.8. The second-order valence-electron chi connectivity index (χ2n) is 4.51. The minimum atomic E-state index is -4.26. The average molecular weight is 338 g/mol. The average Bonchev–Trinajstić information content (AvgIpc) is 2.47. The molecule has 0 spiro atoms. The number of rotatable bonds is 7. The molecule has 124 valence electrons. The Kier molecular flexibility index (Phi) is 5.35. The van der Waals surface area contributed by atoms with Gasteiger partial charge in [0.25, 0.3) is 10.1 Å². The van der Waals surface area contributed by atoms with Crippen LogP contribution < -0.4 is 15.4 Å². The van der Waals surface area contributed by atoms with Gasteiger partial charge in [-0.2, -0.15) is 18.4 Å². The van der Waals surface area contributed by atoms with Crippen LogP contribution >= 0.6 is 0 Å². The summed E-state index contributed by atoms with van der Waals surface area (Å²) in [4.78, 5) is 8.19. The molecule has 1 aromatic heterocycles. The largest absolute Gasteiger partial charge is 0.464 e. The number of benzene rings is 1. The lowest BCUT2D eigenvalue weighted by molar-refractivity contribution is 0.313. The molecule has 0 amide bonds. The molecule has 8 nitrogen and oxygen atoms in total. The molecule has 1 aromatic carbocycles. The zero-order chi connectivity index (χ0) is 16.9. The maximum absolute atomic E-state index is 11.2. The summed E-state index contributed by atoms with van der Waals surface area (Å²) in [7, 11) is -4.26. The summed E-state index contributed by atoms with van der Waals surface area (Å²) in [5.74, 6) is 1.02. The van der Waals surface area contributed by atoms with Gasteiger partial charge in [0, 0.05) is 18.3 Å². The molecule has 2 aromatic rings. The molecule has 0 unspecified atom stereocenters. The minimum absolute atomic E-state index is 0.200. The number of hydrogen-bond acceptors (Lipinski definition) is 7. The normalized spacial score (nSPS) is 11.1. The number of nitrogens with zero attached hydrogens (tertiary/aromatic N) is 2. The van der Waals surface area contributed by atoms with Gasteiger partial charge in [-0.1, -0.05) is 6.07 Å². The Morgan fingerprint density at radius 3 is 2.57 bits per heavy atom. The molecule has 0 saturated heterocycles. The molecule has 0 aliphatic carbocycles. The molecule has 0 radical (unpaired) electrons. The van der Waals surface area contributed by atoms with Gasteiger partial charge in [-0.05, 0) is 32.0 Å². The first-order valence-corrected chi connectivity index (χ1v) is 8.46. The zero-order valence-corrected chi connectivity index (χ0v) is 13.6. The highest BCUT2D eigenvalue weighted by Gasteiger charge is 2.11. The van der Waals surface area contributed by atoms with E-state index in [-0.39, 0.29) is 10.9 Å². The van der Waals surface area contributed by atoms with Crippen LogP contribution in [-0.2, 0) is 10.1 Å². The summed E-state index contributed by atoms with van der Waals surface area (Å²) in [6.45, 7) is 4.87. The van der Waals surface area contributed by atoms with Gasteiger partial charge >= 0.3 is 6.01 Å². The van der Waals surface area contributed by atoms with E-state index in [1.54, 1.807) is 12.1 Å². The van der Waals surface area contributed by atoms with Crippen LogP contribution in [0.3, 0.4) is 0 Å². The molecule has 1 heterocycles. The van der Waals surface area contributed by atoms with Crippen molar-refractivity contribution in [1.82, 2.24) is 9.97 Å².